The summed E-state index contributed by atoms with van der Waals surface area (Å²) in [7, 11) is 0. The summed E-state index contributed by atoms with van der Waals surface area (Å²) in [6.45, 7) is 1.99. The third kappa shape index (κ3) is 3.77. The van der Waals surface area contributed by atoms with Crippen LogP contribution in [-0.4, -0.2) is 55.5 Å². The Hall–Kier alpha value is -1.76. The number of halogens is 3. The van der Waals surface area contributed by atoms with Crippen LogP contribution in [-0.2, 0) is 4.79 Å². The maximum Gasteiger partial charge on any atom is 0.251 e. The van der Waals surface area contributed by atoms with Crippen molar-refractivity contribution in [3.05, 3.63) is 30.1 Å². The molecule has 2 saturated heterocycles. The summed E-state index contributed by atoms with van der Waals surface area (Å²) in [6.07, 6.45) is -0.541. The first-order valence-corrected chi connectivity index (χ1v) is 7.85. The molecule has 1 aromatic carbocycles. The number of nitrogens with zero attached hydrogens (tertiary/aromatic N) is 2. The van der Waals surface area contributed by atoms with E-state index in [2.05, 4.69) is 5.32 Å². The van der Waals surface area contributed by atoms with Crippen LogP contribution in [0.2, 0.25) is 0 Å². The van der Waals surface area contributed by atoms with Gasteiger partial charge in [-0.2, -0.15) is 0 Å². The molecule has 0 spiro atoms. The molecule has 126 valence electrons. The lowest BCUT2D eigenvalue weighted by molar-refractivity contribution is -0.139. The lowest BCUT2D eigenvalue weighted by atomic mass is 10.0. The fourth-order valence-corrected chi connectivity index (χ4v) is 3.08. The van der Waals surface area contributed by atoms with Crippen LogP contribution >= 0.6 is 0 Å². The number of nitrogens with one attached hydrogen (secondary N) is 1. The number of rotatable bonds is 2. The first kappa shape index (κ1) is 16.1. The van der Waals surface area contributed by atoms with Crippen LogP contribution in [0.1, 0.15) is 12.8 Å². The molecule has 0 aliphatic carbocycles. The zero-order chi connectivity index (χ0) is 16.4. The Morgan fingerprint density at radius 2 is 1.78 bits per heavy atom. The van der Waals surface area contributed by atoms with Crippen molar-refractivity contribution in [1.82, 2.24) is 10.2 Å². The van der Waals surface area contributed by atoms with Gasteiger partial charge in [-0.25, -0.2) is 13.2 Å². The van der Waals surface area contributed by atoms with E-state index in [9.17, 15) is 18.0 Å². The smallest absolute Gasteiger partial charge is 0.251 e. The number of hydrogen-bond donors (Lipinski definition) is 1. The molecule has 23 heavy (non-hydrogen) atoms. The van der Waals surface area contributed by atoms with Gasteiger partial charge in [-0.05, 0) is 24.3 Å². The monoisotopic (exact) mass is 327 g/mol. The molecule has 4 nitrogen and oxygen atoms in total. The maximum atomic E-state index is 13.2. The molecule has 0 radical (unpaired) electrons. The van der Waals surface area contributed by atoms with Crippen molar-refractivity contribution in [1.29, 1.82) is 0 Å². The van der Waals surface area contributed by atoms with Crippen molar-refractivity contribution >= 4 is 11.6 Å². The molecule has 2 fully saturated rings. The number of benzene rings is 1. The van der Waals surface area contributed by atoms with Crippen molar-refractivity contribution < 1.29 is 18.0 Å². The second-order valence-corrected chi connectivity index (χ2v) is 6.11. The number of alkyl halides is 2. The Balaban J connectivity index is 1.62. The lowest BCUT2D eigenvalue weighted by Gasteiger charge is -2.39. The van der Waals surface area contributed by atoms with Gasteiger partial charge in [0.1, 0.15) is 11.9 Å². The van der Waals surface area contributed by atoms with Crippen LogP contribution in [0.4, 0.5) is 18.9 Å². The highest BCUT2D eigenvalue weighted by molar-refractivity contribution is 5.83. The van der Waals surface area contributed by atoms with Crippen LogP contribution in [0.3, 0.4) is 0 Å². The van der Waals surface area contributed by atoms with Gasteiger partial charge in [-0.1, -0.05) is 0 Å². The average Bonchev–Trinajstić information content (AvgIpc) is 2.55. The standard InChI is InChI=1S/C16H20F3N3O/c17-12-1-3-13(4-2-12)22-10-7-20-14(11-22)15(23)21-8-5-16(18,19)6-9-21/h1-4,14,20H,5-11H2/t14-/m1/s1. The molecule has 0 bridgehead atoms. The number of carbonyl (C=O) groups is 1. The van der Waals surface area contributed by atoms with Crippen LogP contribution in [0, 0.1) is 5.82 Å². The molecule has 1 aromatic rings. The summed E-state index contributed by atoms with van der Waals surface area (Å²) < 4.78 is 39.4. The number of anilines is 1. The summed E-state index contributed by atoms with van der Waals surface area (Å²) in [5.74, 6) is -3.09. The highest BCUT2D eigenvalue weighted by Crippen LogP contribution is 2.28. The molecule has 7 heteroatoms. The second-order valence-electron chi connectivity index (χ2n) is 6.11. The van der Waals surface area contributed by atoms with Gasteiger partial charge in [0.05, 0.1) is 0 Å². The topological polar surface area (TPSA) is 35.6 Å². The van der Waals surface area contributed by atoms with Gasteiger partial charge in [0.25, 0.3) is 5.92 Å². The molecular weight excluding hydrogens is 307 g/mol. The van der Waals surface area contributed by atoms with Gasteiger partial charge in [-0.15, -0.1) is 0 Å². The van der Waals surface area contributed by atoms with E-state index in [0.717, 1.165) is 5.69 Å². The molecule has 0 saturated carbocycles. The van der Waals surface area contributed by atoms with E-state index in [-0.39, 0.29) is 37.7 Å². The number of piperazine rings is 1. The molecule has 2 aliphatic rings. The molecule has 0 aromatic heterocycles. The fourth-order valence-electron chi connectivity index (χ4n) is 3.08. The number of likely N-dealkylation sites (tertiary alicyclic amines) is 1. The minimum Gasteiger partial charge on any atom is -0.368 e. The van der Waals surface area contributed by atoms with E-state index in [1.165, 1.54) is 17.0 Å². The largest absolute Gasteiger partial charge is 0.368 e. The van der Waals surface area contributed by atoms with E-state index >= 15 is 0 Å². The van der Waals surface area contributed by atoms with Crippen molar-refractivity contribution in [2.45, 2.75) is 24.8 Å². The number of amides is 1. The van der Waals surface area contributed by atoms with E-state index in [1.54, 1.807) is 12.1 Å². The Morgan fingerprint density at radius 3 is 2.43 bits per heavy atom. The van der Waals surface area contributed by atoms with Gasteiger partial charge >= 0.3 is 0 Å². The molecule has 1 amide bonds. The first-order chi connectivity index (χ1) is 10.9. The summed E-state index contributed by atoms with van der Waals surface area (Å²) >= 11 is 0. The summed E-state index contributed by atoms with van der Waals surface area (Å²) in [5.41, 5.74) is 0.857. The van der Waals surface area contributed by atoms with Gasteiger partial charge < -0.3 is 15.1 Å². The normalized spacial score (nSPS) is 24.6. The van der Waals surface area contributed by atoms with Gasteiger partial charge in [0.2, 0.25) is 5.91 Å². The zero-order valence-corrected chi connectivity index (χ0v) is 12.8. The third-order valence-electron chi connectivity index (χ3n) is 4.47. The zero-order valence-electron chi connectivity index (χ0n) is 12.8. The molecule has 1 atom stereocenters. The third-order valence-corrected chi connectivity index (χ3v) is 4.47. The molecule has 1 N–H and O–H groups in total. The minimum atomic E-state index is -2.66. The summed E-state index contributed by atoms with van der Waals surface area (Å²) in [4.78, 5) is 16.1. The van der Waals surface area contributed by atoms with Crippen LogP contribution < -0.4 is 10.2 Å². The quantitative estimate of drug-likeness (QED) is 0.901. The summed E-state index contributed by atoms with van der Waals surface area (Å²) in [5, 5.41) is 3.15. The van der Waals surface area contributed by atoms with Crippen molar-refractivity contribution in [3.8, 4) is 0 Å². The maximum absolute atomic E-state index is 13.2. The van der Waals surface area contributed by atoms with Crippen LogP contribution in [0.15, 0.2) is 24.3 Å². The minimum absolute atomic E-state index is 0.0978. The van der Waals surface area contributed by atoms with E-state index < -0.39 is 12.0 Å². The SMILES string of the molecule is O=C([C@H]1CN(c2ccc(F)cc2)CCN1)N1CCC(F)(F)CC1. The molecular formula is C16H20F3N3O. The second kappa shape index (κ2) is 6.39. The van der Waals surface area contributed by atoms with Crippen molar-refractivity contribution in [2.24, 2.45) is 0 Å². The predicted octanol–water partition coefficient (Wildman–Crippen LogP) is 1.86. The van der Waals surface area contributed by atoms with Crippen LogP contribution in [0.25, 0.3) is 0 Å². The number of piperidine rings is 1. The van der Waals surface area contributed by atoms with Gasteiger partial charge in [0, 0.05) is 51.3 Å². The van der Waals surface area contributed by atoms with Crippen molar-refractivity contribution in [2.75, 3.05) is 37.6 Å². The Labute approximate surface area is 133 Å². The Morgan fingerprint density at radius 1 is 1.13 bits per heavy atom. The molecule has 2 heterocycles. The van der Waals surface area contributed by atoms with E-state index in [1.807, 2.05) is 4.90 Å². The summed E-state index contributed by atoms with van der Waals surface area (Å²) in [6, 6.07) is 5.73. The predicted molar refractivity (Wildman–Crippen MR) is 81.2 cm³/mol. The fraction of sp³-hybridized carbons (Fsp3) is 0.562. The Kier molecular flexibility index (Phi) is 4.48. The molecule has 3 rings (SSSR count). The number of carbonyl (C=O) groups excluding carboxylic acids is 1. The van der Waals surface area contributed by atoms with Gasteiger partial charge in [-0.3, -0.25) is 4.79 Å². The van der Waals surface area contributed by atoms with E-state index in [0.29, 0.717) is 19.6 Å². The molecule has 2 aliphatic heterocycles. The number of hydrogen-bond acceptors (Lipinski definition) is 3. The average molecular weight is 327 g/mol. The highest BCUT2D eigenvalue weighted by atomic mass is 19.3. The Bertz CT molecular complexity index is 554. The highest BCUT2D eigenvalue weighted by Gasteiger charge is 2.38. The van der Waals surface area contributed by atoms with Gasteiger partial charge in [0.15, 0.2) is 0 Å². The lowest BCUT2D eigenvalue weighted by Crippen LogP contribution is -2.59. The van der Waals surface area contributed by atoms with E-state index in [4.69, 9.17) is 0 Å². The van der Waals surface area contributed by atoms with Crippen LogP contribution in [0.5, 0.6) is 0 Å². The first-order valence-electron chi connectivity index (χ1n) is 7.85. The molecule has 0 unspecified atom stereocenters. The van der Waals surface area contributed by atoms with Crippen molar-refractivity contribution in [3.63, 3.8) is 0 Å².